The summed E-state index contributed by atoms with van der Waals surface area (Å²) in [6, 6.07) is 0. The van der Waals surface area contributed by atoms with Crippen molar-refractivity contribution in [3.63, 3.8) is 0 Å². The molecular weight excluding hydrogens is 384 g/mol. The van der Waals surface area contributed by atoms with Gasteiger partial charge in [-0.1, -0.05) is 13.8 Å². The first kappa shape index (κ1) is 21.7. The van der Waals surface area contributed by atoms with Crippen molar-refractivity contribution in [1.29, 1.82) is 0 Å². The van der Waals surface area contributed by atoms with Gasteiger partial charge in [-0.25, -0.2) is 0 Å². The van der Waals surface area contributed by atoms with E-state index in [-0.39, 0.29) is 11.3 Å². The molecule has 0 aliphatic heterocycles. The first-order valence-corrected chi connectivity index (χ1v) is 12.9. The molecule has 0 radical (unpaired) electrons. The molecule has 0 N–H and O–H groups in total. The lowest BCUT2D eigenvalue weighted by molar-refractivity contribution is -0.132. The van der Waals surface area contributed by atoms with Crippen LogP contribution in [0.3, 0.4) is 0 Å². The Bertz CT molecular complexity index is 803. The van der Waals surface area contributed by atoms with Crippen LogP contribution in [0.25, 0.3) is 0 Å². The summed E-state index contributed by atoms with van der Waals surface area (Å²) in [5.74, 6) is 6.30. The van der Waals surface area contributed by atoms with E-state index in [2.05, 4.69) is 18.9 Å². The van der Waals surface area contributed by atoms with Crippen molar-refractivity contribution in [2.24, 2.45) is 52.8 Å². The fourth-order valence-electron chi connectivity index (χ4n) is 9.20. The highest BCUT2D eigenvalue weighted by Crippen LogP contribution is 2.65. The van der Waals surface area contributed by atoms with E-state index in [9.17, 15) is 4.79 Å². The topological polar surface area (TPSA) is 44.1 Å². The average Bonchev–Trinajstić information content (AvgIpc) is 3.26. The van der Waals surface area contributed by atoms with Gasteiger partial charge >= 0.3 is 0 Å². The number of hydrogen-bond acceptors (Lipinski definition) is 3. The molecule has 1 aromatic heterocycles. The van der Waals surface area contributed by atoms with Gasteiger partial charge in [0.05, 0.1) is 12.7 Å². The Morgan fingerprint density at radius 3 is 2.71 bits per heavy atom. The van der Waals surface area contributed by atoms with Gasteiger partial charge in [-0.3, -0.25) is 9.48 Å². The molecule has 4 aliphatic carbocycles. The first-order valence-electron chi connectivity index (χ1n) is 12.9. The van der Waals surface area contributed by atoms with Crippen LogP contribution in [0.15, 0.2) is 12.4 Å². The molecule has 1 aromatic rings. The van der Waals surface area contributed by atoms with E-state index < -0.39 is 0 Å². The molecule has 4 aliphatic rings. The van der Waals surface area contributed by atoms with E-state index in [1.165, 1.54) is 51.4 Å². The Kier molecular flexibility index (Phi) is 5.82. The van der Waals surface area contributed by atoms with Crippen molar-refractivity contribution >= 4 is 5.78 Å². The molecule has 9 atom stereocenters. The third-order valence-electron chi connectivity index (χ3n) is 10.2. The summed E-state index contributed by atoms with van der Waals surface area (Å²) >= 11 is 0. The molecule has 0 amide bonds. The molecule has 4 nitrogen and oxygen atoms in total. The van der Waals surface area contributed by atoms with Crippen molar-refractivity contribution in [2.45, 2.75) is 78.7 Å². The molecular formula is C27H42N2O2. The number of carbonyl (C=O) groups is 1. The number of ether oxygens (including phenoxy) is 1. The Balaban J connectivity index is 1.31. The third kappa shape index (κ3) is 3.71. The van der Waals surface area contributed by atoms with Gasteiger partial charge in [0.15, 0.2) is 5.78 Å². The second-order valence-electron chi connectivity index (χ2n) is 12.0. The highest BCUT2D eigenvalue weighted by Gasteiger charge is 2.60. The number of hydrogen-bond donors (Lipinski definition) is 0. The molecule has 0 aromatic carbocycles. The van der Waals surface area contributed by atoms with E-state index in [0.717, 1.165) is 47.7 Å². The van der Waals surface area contributed by atoms with E-state index in [1.807, 2.05) is 31.1 Å². The number of Topliss-reactive ketones (excluding diaryl/α,β-unsaturated/α-hetero) is 1. The fraction of sp³-hybridized carbons (Fsp3) is 0.852. The van der Waals surface area contributed by atoms with E-state index in [1.54, 1.807) is 0 Å². The number of methoxy groups -OCH3 is 1. The van der Waals surface area contributed by atoms with Crippen LogP contribution in [-0.2, 0) is 16.1 Å². The van der Waals surface area contributed by atoms with Crippen LogP contribution in [0.5, 0.6) is 0 Å². The maximum atomic E-state index is 13.5. The normalized spacial score (nSPS) is 44.4. The van der Waals surface area contributed by atoms with Crippen LogP contribution in [0.1, 0.15) is 70.8 Å². The van der Waals surface area contributed by atoms with Crippen LogP contribution in [0.2, 0.25) is 0 Å². The second-order valence-corrected chi connectivity index (χ2v) is 12.0. The van der Waals surface area contributed by atoms with Gasteiger partial charge in [0, 0.05) is 25.8 Å². The molecule has 0 bridgehead atoms. The Hall–Kier alpha value is -1.16. The standard InChI is InChI=1S/C27H42N2O2/c1-17-13-28-29(14-17)15-25(30)26-18(2)11-24-23-8-6-20-12-19(16-31-4)5-7-21(20)22(23)9-10-27(24,26)3/h13-14,18-24,26H,5-12,15-16H2,1-4H3. The smallest absolute Gasteiger partial charge is 0.158 e. The minimum atomic E-state index is 0.194. The Morgan fingerprint density at radius 1 is 1.16 bits per heavy atom. The van der Waals surface area contributed by atoms with Crippen LogP contribution < -0.4 is 0 Å². The number of ketones is 1. The predicted molar refractivity (Wildman–Crippen MR) is 122 cm³/mol. The van der Waals surface area contributed by atoms with Crippen LogP contribution >= 0.6 is 0 Å². The van der Waals surface area contributed by atoms with Crippen molar-refractivity contribution in [2.75, 3.05) is 13.7 Å². The summed E-state index contributed by atoms with van der Waals surface area (Å²) in [6.07, 6.45) is 14.7. The van der Waals surface area contributed by atoms with Crippen molar-refractivity contribution < 1.29 is 9.53 Å². The Morgan fingerprint density at radius 2 is 1.97 bits per heavy atom. The summed E-state index contributed by atoms with van der Waals surface area (Å²) in [4.78, 5) is 13.5. The molecule has 4 saturated carbocycles. The lowest BCUT2D eigenvalue weighted by Crippen LogP contribution is -2.50. The number of carbonyl (C=O) groups excluding carboxylic acids is 1. The lowest BCUT2D eigenvalue weighted by atomic mass is 9.49. The lowest BCUT2D eigenvalue weighted by Gasteiger charge is -2.56. The number of rotatable bonds is 5. The molecule has 4 heteroatoms. The van der Waals surface area contributed by atoms with E-state index in [4.69, 9.17) is 4.74 Å². The molecule has 172 valence electrons. The van der Waals surface area contributed by atoms with E-state index in [0.29, 0.717) is 18.2 Å². The van der Waals surface area contributed by atoms with Crippen LogP contribution in [-0.4, -0.2) is 29.3 Å². The summed E-state index contributed by atoms with van der Waals surface area (Å²) < 4.78 is 7.35. The van der Waals surface area contributed by atoms with Crippen molar-refractivity contribution in [3.8, 4) is 0 Å². The summed E-state index contributed by atoms with van der Waals surface area (Å²) in [6.45, 7) is 8.29. The van der Waals surface area contributed by atoms with Gasteiger partial charge in [-0.05, 0) is 111 Å². The van der Waals surface area contributed by atoms with Gasteiger partial charge in [0.25, 0.3) is 0 Å². The number of fused-ring (bicyclic) bond motifs is 5. The minimum Gasteiger partial charge on any atom is -0.384 e. The van der Waals surface area contributed by atoms with Crippen molar-refractivity contribution in [3.05, 3.63) is 18.0 Å². The van der Waals surface area contributed by atoms with Crippen molar-refractivity contribution in [1.82, 2.24) is 9.78 Å². The predicted octanol–water partition coefficient (Wildman–Crippen LogP) is 5.54. The summed E-state index contributed by atoms with van der Waals surface area (Å²) in [5.41, 5.74) is 1.33. The molecule has 1 heterocycles. The largest absolute Gasteiger partial charge is 0.384 e. The number of nitrogens with zero attached hydrogens (tertiary/aromatic N) is 2. The number of aryl methyl sites for hydroxylation is 1. The molecule has 31 heavy (non-hydrogen) atoms. The van der Waals surface area contributed by atoms with Crippen LogP contribution in [0.4, 0.5) is 0 Å². The third-order valence-corrected chi connectivity index (χ3v) is 10.2. The van der Waals surface area contributed by atoms with Crippen LogP contribution in [0, 0.1) is 59.7 Å². The maximum absolute atomic E-state index is 13.5. The monoisotopic (exact) mass is 426 g/mol. The highest BCUT2D eigenvalue weighted by atomic mass is 16.5. The molecule has 0 saturated heterocycles. The zero-order valence-electron chi connectivity index (χ0n) is 20.1. The van der Waals surface area contributed by atoms with Gasteiger partial charge in [0.2, 0.25) is 0 Å². The summed E-state index contributed by atoms with van der Waals surface area (Å²) in [7, 11) is 1.86. The molecule has 0 spiro atoms. The average molecular weight is 427 g/mol. The zero-order chi connectivity index (χ0) is 21.8. The second kappa shape index (κ2) is 8.32. The van der Waals surface area contributed by atoms with Gasteiger partial charge in [-0.2, -0.15) is 5.10 Å². The first-order chi connectivity index (χ1) is 14.9. The molecule has 9 unspecified atom stereocenters. The number of aromatic nitrogens is 2. The van der Waals surface area contributed by atoms with Gasteiger partial charge in [-0.15, -0.1) is 0 Å². The van der Waals surface area contributed by atoms with E-state index >= 15 is 0 Å². The van der Waals surface area contributed by atoms with Gasteiger partial charge in [0.1, 0.15) is 0 Å². The fourth-order valence-corrected chi connectivity index (χ4v) is 9.20. The quantitative estimate of drug-likeness (QED) is 0.621. The summed E-state index contributed by atoms with van der Waals surface area (Å²) in [5, 5.41) is 4.40. The SMILES string of the molecule is COCC1CCC2C(CCC3C2CCC2(C)C3CC(C)C2C(=O)Cn2cc(C)cn2)C1. The minimum absolute atomic E-state index is 0.194. The Labute approximate surface area is 188 Å². The molecule has 4 fully saturated rings. The molecule has 5 rings (SSSR count). The van der Waals surface area contributed by atoms with Gasteiger partial charge < -0.3 is 4.74 Å². The zero-order valence-corrected chi connectivity index (χ0v) is 20.1. The maximum Gasteiger partial charge on any atom is 0.158 e. The highest BCUT2D eigenvalue weighted by molar-refractivity contribution is 5.82.